The standard InChI is InChI=1S/C39H54O6/c1-23-16-19-39(34(43)44)21-20-37(6)27(32(39)24(23)2)13-14-30-36(5)22-28(41)33(35(3,4)29(36)17-18-38(30,37)7)45-31(42)15-10-25-8-11-26(40)12-9-25/h8-13,15,23-24,28-30,32-33,40-41H,14,16-22H2,1-7H3,(H,43,44)/b15-10+/t23?,24-,28?,29?,30?,32-,33?,36-,37?,38+,39-/m0/s1. The molecule has 6 unspecified atom stereocenters. The highest BCUT2D eigenvalue weighted by Gasteiger charge is 2.70. The van der Waals surface area contributed by atoms with E-state index in [4.69, 9.17) is 4.74 Å². The molecule has 5 aliphatic rings. The summed E-state index contributed by atoms with van der Waals surface area (Å²) in [7, 11) is 0. The fourth-order valence-corrected chi connectivity index (χ4v) is 12.1. The van der Waals surface area contributed by atoms with Crippen LogP contribution in [0, 0.1) is 56.7 Å². The number of aliphatic hydroxyl groups is 1. The van der Waals surface area contributed by atoms with Gasteiger partial charge in [-0.2, -0.15) is 0 Å². The summed E-state index contributed by atoms with van der Waals surface area (Å²) in [4.78, 5) is 26.0. The third-order valence-electron chi connectivity index (χ3n) is 14.9. The minimum Gasteiger partial charge on any atom is -0.508 e. The Bertz CT molecular complexity index is 1410. The van der Waals surface area contributed by atoms with E-state index in [9.17, 15) is 24.9 Å². The van der Waals surface area contributed by atoms with E-state index in [0.29, 0.717) is 24.2 Å². The smallest absolute Gasteiger partial charge is 0.331 e. The van der Waals surface area contributed by atoms with Gasteiger partial charge in [0.15, 0.2) is 0 Å². The molecule has 4 saturated carbocycles. The van der Waals surface area contributed by atoms with Crippen molar-refractivity contribution < 1.29 is 29.6 Å². The Morgan fingerprint density at radius 3 is 2.29 bits per heavy atom. The van der Waals surface area contributed by atoms with Crippen LogP contribution in [-0.2, 0) is 14.3 Å². The molecule has 4 fully saturated rings. The Labute approximate surface area is 269 Å². The first-order chi connectivity index (χ1) is 21.0. The number of aromatic hydroxyl groups is 1. The van der Waals surface area contributed by atoms with Crippen LogP contribution in [-0.4, -0.2) is 39.5 Å². The summed E-state index contributed by atoms with van der Waals surface area (Å²) in [6.45, 7) is 16.2. The maximum Gasteiger partial charge on any atom is 0.331 e. The predicted octanol–water partition coefficient (Wildman–Crippen LogP) is 8.03. The molecular formula is C39H54O6. The van der Waals surface area contributed by atoms with Gasteiger partial charge in [0.1, 0.15) is 11.9 Å². The Balaban J connectivity index is 1.29. The molecule has 0 spiro atoms. The first-order valence-corrected chi connectivity index (χ1v) is 17.3. The quantitative estimate of drug-likeness (QED) is 0.179. The number of phenols is 1. The van der Waals surface area contributed by atoms with Crippen molar-refractivity contribution in [3.8, 4) is 5.75 Å². The number of fused-ring (bicyclic) bond motifs is 7. The van der Waals surface area contributed by atoms with Gasteiger partial charge in [0.05, 0.1) is 11.5 Å². The van der Waals surface area contributed by atoms with Crippen molar-refractivity contribution in [1.29, 1.82) is 0 Å². The summed E-state index contributed by atoms with van der Waals surface area (Å²) in [6, 6.07) is 6.62. The Morgan fingerprint density at radius 1 is 0.933 bits per heavy atom. The SMILES string of the molecule is CC1CC[C@]2(C(=O)O)CCC3(C)C(=CCC4[C@@]5(C)CC(O)C(OC(=O)/C=C/c6ccc(O)cc6)C(C)(C)C5CC[C@]43C)[C@@H]2[C@H]1C. The number of rotatable bonds is 4. The Hall–Kier alpha value is -2.60. The van der Waals surface area contributed by atoms with Gasteiger partial charge in [-0.25, -0.2) is 4.79 Å². The van der Waals surface area contributed by atoms with Crippen molar-refractivity contribution in [2.24, 2.45) is 56.7 Å². The van der Waals surface area contributed by atoms with Crippen LogP contribution < -0.4 is 0 Å². The normalized spacial score (nSPS) is 45.3. The number of carboxylic acids is 1. The van der Waals surface area contributed by atoms with Gasteiger partial charge in [0, 0.05) is 11.5 Å². The zero-order valence-electron chi connectivity index (χ0n) is 28.3. The zero-order chi connectivity index (χ0) is 32.7. The number of aliphatic carboxylic acids is 1. The van der Waals surface area contributed by atoms with Gasteiger partial charge in [-0.05, 0) is 121 Å². The van der Waals surface area contributed by atoms with Gasteiger partial charge in [-0.15, -0.1) is 0 Å². The van der Waals surface area contributed by atoms with E-state index in [-0.39, 0.29) is 33.8 Å². The number of carbonyl (C=O) groups is 2. The van der Waals surface area contributed by atoms with Crippen molar-refractivity contribution in [3.05, 3.63) is 47.6 Å². The molecule has 6 heteroatoms. The summed E-state index contributed by atoms with van der Waals surface area (Å²) >= 11 is 0. The number of carbonyl (C=O) groups excluding carboxylic acids is 1. The van der Waals surface area contributed by atoms with E-state index in [0.717, 1.165) is 50.5 Å². The molecule has 3 N–H and O–H groups in total. The van der Waals surface area contributed by atoms with Crippen LogP contribution in [0.25, 0.3) is 6.08 Å². The minimum atomic E-state index is -0.780. The van der Waals surface area contributed by atoms with Crippen molar-refractivity contribution in [2.45, 2.75) is 112 Å². The van der Waals surface area contributed by atoms with Crippen LogP contribution in [0.1, 0.15) is 105 Å². The molecule has 0 aliphatic heterocycles. The molecule has 0 saturated heterocycles. The first-order valence-electron chi connectivity index (χ1n) is 17.3. The zero-order valence-corrected chi connectivity index (χ0v) is 28.3. The lowest BCUT2D eigenvalue weighted by Gasteiger charge is -2.71. The summed E-state index contributed by atoms with van der Waals surface area (Å²) in [5, 5.41) is 32.0. The Morgan fingerprint density at radius 2 is 1.62 bits per heavy atom. The molecule has 1 aromatic carbocycles. The van der Waals surface area contributed by atoms with E-state index < -0.39 is 35.0 Å². The third-order valence-corrected chi connectivity index (χ3v) is 14.9. The fourth-order valence-electron chi connectivity index (χ4n) is 12.1. The van der Waals surface area contributed by atoms with Gasteiger partial charge in [0.2, 0.25) is 0 Å². The summed E-state index contributed by atoms with van der Waals surface area (Å²) < 4.78 is 6.05. The largest absolute Gasteiger partial charge is 0.508 e. The van der Waals surface area contributed by atoms with Gasteiger partial charge >= 0.3 is 11.9 Å². The van der Waals surface area contributed by atoms with E-state index in [2.05, 4.69) is 54.5 Å². The molecule has 6 nitrogen and oxygen atoms in total. The van der Waals surface area contributed by atoms with Crippen molar-refractivity contribution in [2.75, 3.05) is 0 Å². The molecule has 0 radical (unpaired) electrons. The minimum absolute atomic E-state index is 0.0143. The summed E-state index contributed by atoms with van der Waals surface area (Å²) in [5.41, 5.74) is 0.857. The maximum atomic E-state index is 13.0. The second-order valence-corrected chi connectivity index (χ2v) is 17.0. The molecule has 0 heterocycles. The number of esters is 1. The average Bonchev–Trinajstić information content (AvgIpc) is 2.97. The van der Waals surface area contributed by atoms with Crippen LogP contribution in [0.5, 0.6) is 5.75 Å². The van der Waals surface area contributed by atoms with Gasteiger partial charge < -0.3 is 20.1 Å². The number of carboxylic acid groups (broad SMARTS) is 1. The Kier molecular flexibility index (Phi) is 7.70. The van der Waals surface area contributed by atoms with E-state index in [1.807, 2.05) is 0 Å². The first kappa shape index (κ1) is 32.3. The van der Waals surface area contributed by atoms with E-state index in [1.165, 1.54) is 11.6 Å². The summed E-state index contributed by atoms with van der Waals surface area (Å²) in [5.74, 6) is 0.617. The predicted molar refractivity (Wildman–Crippen MR) is 175 cm³/mol. The molecule has 0 bridgehead atoms. The molecule has 6 rings (SSSR count). The van der Waals surface area contributed by atoms with Gasteiger partial charge in [-0.3, -0.25) is 4.79 Å². The van der Waals surface area contributed by atoms with Crippen LogP contribution in [0.15, 0.2) is 42.0 Å². The number of ether oxygens (including phenoxy) is 1. The summed E-state index contributed by atoms with van der Waals surface area (Å²) in [6.07, 6.45) is 11.1. The van der Waals surface area contributed by atoms with E-state index in [1.54, 1.807) is 30.3 Å². The van der Waals surface area contributed by atoms with Gasteiger partial charge in [-0.1, -0.05) is 72.2 Å². The maximum absolute atomic E-state index is 13.0. The highest BCUT2D eigenvalue weighted by molar-refractivity contribution is 5.87. The molecule has 45 heavy (non-hydrogen) atoms. The van der Waals surface area contributed by atoms with Crippen LogP contribution in [0.3, 0.4) is 0 Å². The fraction of sp³-hybridized carbons (Fsp3) is 0.692. The van der Waals surface area contributed by atoms with Crippen LogP contribution in [0.2, 0.25) is 0 Å². The highest BCUT2D eigenvalue weighted by Crippen LogP contribution is 2.75. The second kappa shape index (κ2) is 10.7. The third kappa shape index (κ3) is 4.58. The molecule has 0 aromatic heterocycles. The molecule has 1 aromatic rings. The average molecular weight is 619 g/mol. The topological polar surface area (TPSA) is 104 Å². The number of aliphatic hydroxyl groups excluding tert-OH is 1. The van der Waals surface area contributed by atoms with E-state index >= 15 is 0 Å². The van der Waals surface area contributed by atoms with Crippen LogP contribution >= 0.6 is 0 Å². The molecular weight excluding hydrogens is 564 g/mol. The van der Waals surface area contributed by atoms with Crippen molar-refractivity contribution in [1.82, 2.24) is 0 Å². The monoisotopic (exact) mass is 618 g/mol. The highest BCUT2D eigenvalue weighted by atomic mass is 16.6. The van der Waals surface area contributed by atoms with Crippen molar-refractivity contribution in [3.63, 3.8) is 0 Å². The number of phenolic OH excluding ortho intramolecular Hbond substituents is 1. The lowest BCUT2D eigenvalue weighted by molar-refractivity contribution is -0.238. The number of allylic oxidation sites excluding steroid dienone is 2. The molecule has 0 amide bonds. The molecule has 11 atom stereocenters. The van der Waals surface area contributed by atoms with Crippen molar-refractivity contribution >= 4 is 18.0 Å². The lowest BCUT2D eigenvalue weighted by Crippen LogP contribution is -2.67. The molecule has 246 valence electrons. The molecule has 5 aliphatic carbocycles. The lowest BCUT2D eigenvalue weighted by atomic mass is 9.33. The second-order valence-electron chi connectivity index (χ2n) is 17.0. The van der Waals surface area contributed by atoms with Gasteiger partial charge in [0.25, 0.3) is 0 Å². The van der Waals surface area contributed by atoms with Crippen LogP contribution in [0.4, 0.5) is 0 Å². The number of hydrogen-bond donors (Lipinski definition) is 3. The number of hydrogen-bond acceptors (Lipinski definition) is 5. The number of benzene rings is 1.